The number of hydrogen-bond donors (Lipinski definition) is 1. The molecular formula is C10H15BrN2. The fourth-order valence-electron chi connectivity index (χ4n) is 1.36. The van der Waals surface area contributed by atoms with E-state index in [1.54, 1.807) is 0 Å². The zero-order chi connectivity index (χ0) is 9.68. The van der Waals surface area contributed by atoms with Gasteiger partial charge in [0.25, 0.3) is 0 Å². The van der Waals surface area contributed by atoms with Gasteiger partial charge in [-0.05, 0) is 40.5 Å². The van der Waals surface area contributed by atoms with Crippen LogP contribution in [0.4, 0.5) is 0 Å². The largest absolute Gasteiger partial charge is 0.310 e. The summed E-state index contributed by atoms with van der Waals surface area (Å²) in [5.41, 5.74) is 1.25. The zero-order valence-electron chi connectivity index (χ0n) is 8.05. The predicted molar refractivity (Wildman–Crippen MR) is 58.6 cm³/mol. The lowest BCUT2D eigenvalue weighted by Gasteiger charge is -2.15. The second kappa shape index (κ2) is 5.35. The van der Waals surface area contributed by atoms with E-state index >= 15 is 0 Å². The fraction of sp³-hybridized carbons (Fsp3) is 0.500. The van der Waals surface area contributed by atoms with E-state index in [2.05, 4.69) is 46.1 Å². The van der Waals surface area contributed by atoms with Gasteiger partial charge >= 0.3 is 0 Å². The highest BCUT2D eigenvalue weighted by atomic mass is 79.9. The van der Waals surface area contributed by atoms with Crippen LogP contribution in [0.2, 0.25) is 0 Å². The maximum absolute atomic E-state index is 4.15. The van der Waals surface area contributed by atoms with Gasteiger partial charge in [0.2, 0.25) is 0 Å². The molecule has 1 unspecified atom stereocenters. The Morgan fingerprint density at radius 2 is 2.23 bits per heavy atom. The van der Waals surface area contributed by atoms with Crippen LogP contribution >= 0.6 is 15.9 Å². The second-order valence-corrected chi connectivity index (χ2v) is 3.87. The first kappa shape index (κ1) is 10.7. The van der Waals surface area contributed by atoms with Crippen LogP contribution in [0.25, 0.3) is 0 Å². The summed E-state index contributed by atoms with van der Waals surface area (Å²) >= 11 is 3.42. The molecular weight excluding hydrogens is 228 g/mol. The fourth-order valence-corrected chi connectivity index (χ4v) is 1.75. The molecule has 0 saturated heterocycles. The van der Waals surface area contributed by atoms with Crippen molar-refractivity contribution in [3.05, 3.63) is 28.5 Å². The number of pyridine rings is 1. The average Bonchev–Trinajstić information content (AvgIpc) is 2.14. The van der Waals surface area contributed by atoms with Crippen LogP contribution in [0.3, 0.4) is 0 Å². The molecule has 0 bridgehead atoms. The molecule has 1 rings (SSSR count). The van der Waals surface area contributed by atoms with E-state index in [1.807, 2.05) is 12.4 Å². The summed E-state index contributed by atoms with van der Waals surface area (Å²) in [5.74, 6) is 0. The van der Waals surface area contributed by atoms with E-state index in [4.69, 9.17) is 0 Å². The molecule has 72 valence electrons. The summed E-state index contributed by atoms with van der Waals surface area (Å²) in [6.07, 6.45) is 4.82. The number of aromatic nitrogens is 1. The smallest absolute Gasteiger partial charge is 0.0410 e. The average molecular weight is 243 g/mol. The Balaban J connectivity index is 2.78. The highest BCUT2D eigenvalue weighted by molar-refractivity contribution is 9.10. The van der Waals surface area contributed by atoms with Crippen molar-refractivity contribution in [1.82, 2.24) is 10.3 Å². The molecule has 1 N–H and O–H groups in total. The Morgan fingerprint density at radius 1 is 1.46 bits per heavy atom. The number of rotatable bonds is 4. The summed E-state index contributed by atoms with van der Waals surface area (Å²) in [7, 11) is 0. The van der Waals surface area contributed by atoms with Gasteiger partial charge in [-0.15, -0.1) is 0 Å². The van der Waals surface area contributed by atoms with E-state index in [0.717, 1.165) is 17.4 Å². The van der Waals surface area contributed by atoms with Crippen molar-refractivity contribution in [3.63, 3.8) is 0 Å². The minimum absolute atomic E-state index is 0.426. The normalized spacial score (nSPS) is 12.8. The molecule has 1 heterocycles. The zero-order valence-corrected chi connectivity index (χ0v) is 9.63. The summed E-state index contributed by atoms with van der Waals surface area (Å²) in [6, 6.07) is 2.54. The number of halogens is 1. The predicted octanol–water partition coefficient (Wildman–Crippen LogP) is 2.90. The van der Waals surface area contributed by atoms with Crippen LogP contribution < -0.4 is 5.32 Å². The summed E-state index contributed by atoms with van der Waals surface area (Å²) in [5, 5.41) is 3.41. The maximum atomic E-state index is 4.15. The van der Waals surface area contributed by atoms with E-state index in [-0.39, 0.29) is 0 Å². The lowest BCUT2D eigenvalue weighted by molar-refractivity contribution is 0.535. The summed E-state index contributed by atoms with van der Waals surface area (Å²) in [6.45, 7) is 5.29. The molecule has 0 radical (unpaired) electrons. The van der Waals surface area contributed by atoms with E-state index in [0.29, 0.717) is 6.04 Å². The van der Waals surface area contributed by atoms with E-state index in [1.165, 1.54) is 5.56 Å². The highest BCUT2D eigenvalue weighted by Crippen LogP contribution is 2.18. The molecule has 1 aromatic rings. The molecule has 0 aliphatic carbocycles. The van der Waals surface area contributed by atoms with Crippen molar-refractivity contribution < 1.29 is 0 Å². The Morgan fingerprint density at radius 3 is 2.77 bits per heavy atom. The van der Waals surface area contributed by atoms with Crippen LogP contribution in [-0.2, 0) is 0 Å². The van der Waals surface area contributed by atoms with Gasteiger partial charge in [0, 0.05) is 22.9 Å². The van der Waals surface area contributed by atoms with Crippen molar-refractivity contribution in [1.29, 1.82) is 0 Å². The molecule has 0 fully saturated rings. The van der Waals surface area contributed by atoms with Gasteiger partial charge in [0.05, 0.1) is 0 Å². The first-order chi connectivity index (χ1) is 6.27. The van der Waals surface area contributed by atoms with Crippen LogP contribution in [0, 0.1) is 0 Å². The molecule has 0 aliphatic heterocycles. The quantitative estimate of drug-likeness (QED) is 0.879. The van der Waals surface area contributed by atoms with E-state index in [9.17, 15) is 0 Å². The lowest BCUT2D eigenvalue weighted by Crippen LogP contribution is -2.20. The van der Waals surface area contributed by atoms with Gasteiger partial charge in [0.15, 0.2) is 0 Å². The molecule has 1 atom stereocenters. The third-order valence-corrected chi connectivity index (χ3v) is 2.42. The van der Waals surface area contributed by atoms with Crippen LogP contribution in [0.5, 0.6) is 0 Å². The topological polar surface area (TPSA) is 24.9 Å². The van der Waals surface area contributed by atoms with Crippen LogP contribution in [-0.4, -0.2) is 11.5 Å². The van der Waals surface area contributed by atoms with Crippen molar-refractivity contribution in [2.45, 2.75) is 26.3 Å². The van der Waals surface area contributed by atoms with Gasteiger partial charge in [-0.3, -0.25) is 4.98 Å². The molecule has 0 aliphatic rings. The monoisotopic (exact) mass is 242 g/mol. The van der Waals surface area contributed by atoms with Crippen molar-refractivity contribution in [3.8, 4) is 0 Å². The third-order valence-electron chi connectivity index (χ3n) is 1.99. The van der Waals surface area contributed by atoms with Crippen LogP contribution in [0.15, 0.2) is 22.9 Å². The molecule has 0 saturated carbocycles. The minimum atomic E-state index is 0.426. The van der Waals surface area contributed by atoms with Gasteiger partial charge in [-0.1, -0.05) is 13.8 Å². The molecule has 0 amide bonds. The van der Waals surface area contributed by atoms with Gasteiger partial charge < -0.3 is 5.32 Å². The molecule has 0 aromatic carbocycles. The minimum Gasteiger partial charge on any atom is -0.310 e. The standard InChI is InChI=1S/C10H15BrN2/c1-3-10(13-4-2)8-5-9(11)7-12-6-8/h5-7,10,13H,3-4H2,1-2H3. The third kappa shape index (κ3) is 3.08. The number of hydrogen-bond acceptors (Lipinski definition) is 2. The molecule has 2 nitrogen and oxygen atoms in total. The second-order valence-electron chi connectivity index (χ2n) is 2.96. The molecule has 3 heteroatoms. The Kier molecular flexibility index (Phi) is 4.39. The van der Waals surface area contributed by atoms with Crippen molar-refractivity contribution in [2.75, 3.05) is 6.54 Å². The maximum Gasteiger partial charge on any atom is 0.0410 e. The summed E-state index contributed by atoms with van der Waals surface area (Å²) in [4.78, 5) is 4.15. The van der Waals surface area contributed by atoms with Gasteiger partial charge in [0.1, 0.15) is 0 Å². The Bertz CT molecular complexity index is 263. The van der Waals surface area contributed by atoms with E-state index < -0.39 is 0 Å². The molecule has 13 heavy (non-hydrogen) atoms. The van der Waals surface area contributed by atoms with Gasteiger partial charge in [-0.25, -0.2) is 0 Å². The summed E-state index contributed by atoms with van der Waals surface area (Å²) < 4.78 is 1.04. The first-order valence-electron chi connectivity index (χ1n) is 4.61. The highest BCUT2D eigenvalue weighted by Gasteiger charge is 2.07. The molecule has 1 aromatic heterocycles. The van der Waals surface area contributed by atoms with Gasteiger partial charge in [-0.2, -0.15) is 0 Å². The lowest BCUT2D eigenvalue weighted by atomic mass is 10.1. The Labute approximate surface area is 87.9 Å². The molecule has 0 spiro atoms. The Hall–Kier alpha value is -0.410. The van der Waals surface area contributed by atoms with Crippen molar-refractivity contribution >= 4 is 15.9 Å². The number of nitrogens with zero attached hydrogens (tertiary/aromatic N) is 1. The first-order valence-corrected chi connectivity index (χ1v) is 5.41. The SMILES string of the molecule is CCNC(CC)c1cncc(Br)c1. The number of nitrogens with one attached hydrogen (secondary N) is 1. The van der Waals surface area contributed by atoms with Crippen LogP contribution in [0.1, 0.15) is 31.9 Å². The van der Waals surface area contributed by atoms with Crippen molar-refractivity contribution in [2.24, 2.45) is 0 Å².